The van der Waals surface area contributed by atoms with Gasteiger partial charge in [0.1, 0.15) is 0 Å². The van der Waals surface area contributed by atoms with Crippen molar-refractivity contribution in [3.05, 3.63) is 29.8 Å². The Bertz CT molecular complexity index is 466. The molecule has 3 N–H and O–H groups in total. The van der Waals surface area contributed by atoms with Gasteiger partial charge in [-0.05, 0) is 30.7 Å². The summed E-state index contributed by atoms with van der Waals surface area (Å²) in [7, 11) is -3.58. The minimum Gasteiger partial charge on any atom is -0.378 e. The van der Waals surface area contributed by atoms with Gasteiger partial charge in [-0.25, -0.2) is 13.6 Å². The van der Waals surface area contributed by atoms with E-state index in [-0.39, 0.29) is 4.90 Å². The molecule has 1 aromatic rings. The third-order valence-corrected chi connectivity index (χ3v) is 3.67. The van der Waals surface area contributed by atoms with Crippen molar-refractivity contribution in [1.29, 1.82) is 0 Å². The number of ether oxygens (including phenoxy) is 1. The Labute approximate surface area is 101 Å². The SMILES string of the molecule is NS(=O)(=O)c1ccc(CCNC2COC2)cc1. The van der Waals surface area contributed by atoms with Gasteiger partial charge >= 0.3 is 0 Å². The van der Waals surface area contributed by atoms with Gasteiger partial charge in [-0.15, -0.1) is 0 Å². The van der Waals surface area contributed by atoms with E-state index in [0.717, 1.165) is 31.7 Å². The molecule has 1 aromatic carbocycles. The average Bonchev–Trinajstić information content (AvgIpc) is 2.21. The minimum absolute atomic E-state index is 0.154. The van der Waals surface area contributed by atoms with Gasteiger partial charge in [0.15, 0.2) is 0 Å². The third-order valence-electron chi connectivity index (χ3n) is 2.74. The van der Waals surface area contributed by atoms with Crippen LogP contribution >= 0.6 is 0 Å². The normalized spacial score (nSPS) is 16.8. The molecule has 1 aliphatic rings. The first-order chi connectivity index (χ1) is 8.05. The number of nitrogens with two attached hydrogens (primary N) is 1. The second-order valence-corrected chi connectivity index (χ2v) is 5.69. The van der Waals surface area contributed by atoms with Crippen LogP contribution in [-0.2, 0) is 21.2 Å². The number of benzene rings is 1. The Hall–Kier alpha value is -0.950. The van der Waals surface area contributed by atoms with Crippen molar-refractivity contribution in [1.82, 2.24) is 5.32 Å². The van der Waals surface area contributed by atoms with Crippen LogP contribution in [0.4, 0.5) is 0 Å². The fourth-order valence-electron chi connectivity index (χ4n) is 1.62. The summed E-state index contributed by atoms with van der Waals surface area (Å²) in [5.41, 5.74) is 1.09. The zero-order chi connectivity index (χ0) is 12.3. The first-order valence-electron chi connectivity index (χ1n) is 5.48. The molecule has 94 valence electrons. The maximum Gasteiger partial charge on any atom is 0.238 e. The number of primary sulfonamides is 1. The monoisotopic (exact) mass is 256 g/mol. The number of sulfonamides is 1. The summed E-state index contributed by atoms with van der Waals surface area (Å²) in [5, 5.41) is 8.36. The average molecular weight is 256 g/mol. The van der Waals surface area contributed by atoms with E-state index in [9.17, 15) is 8.42 Å². The van der Waals surface area contributed by atoms with Crippen LogP contribution in [0.5, 0.6) is 0 Å². The fourth-order valence-corrected chi connectivity index (χ4v) is 2.14. The molecule has 0 aromatic heterocycles. The molecule has 0 saturated carbocycles. The van der Waals surface area contributed by atoms with Crippen molar-refractivity contribution in [2.24, 2.45) is 5.14 Å². The Kier molecular flexibility index (Phi) is 3.78. The van der Waals surface area contributed by atoms with E-state index in [0.29, 0.717) is 6.04 Å². The third kappa shape index (κ3) is 3.50. The summed E-state index contributed by atoms with van der Waals surface area (Å²) in [6.45, 7) is 2.43. The highest BCUT2D eigenvalue weighted by Gasteiger charge is 2.16. The molecule has 1 heterocycles. The van der Waals surface area contributed by atoms with E-state index in [1.165, 1.54) is 12.1 Å². The maximum atomic E-state index is 11.0. The molecule has 1 aliphatic heterocycles. The Balaban J connectivity index is 1.85. The molecule has 0 bridgehead atoms. The lowest BCUT2D eigenvalue weighted by molar-refractivity contribution is -0.00467. The summed E-state index contributed by atoms with van der Waals surface area (Å²) in [4.78, 5) is 0.154. The van der Waals surface area contributed by atoms with Crippen LogP contribution in [0.15, 0.2) is 29.2 Å². The van der Waals surface area contributed by atoms with Crippen LogP contribution in [0.1, 0.15) is 5.56 Å². The van der Waals surface area contributed by atoms with E-state index < -0.39 is 10.0 Å². The van der Waals surface area contributed by atoms with Crippen molar-refractivity contribution in [3.8, 4) is 0 Å². The number of hydrogen-bond acceptors (Lipinski definition) is 4. The van der Waals surface area contributed by atoms with Gasteiger partial charge in [0.25, 0.3) is 0 Å². The van der Waals surface area contributed by atoms with Gasteiger partial charge in [0.2, 0.25) is 10.0 Å². The highest BCUT2D eigenvalue weighted by Crippen LogP contribution is 2.09. The molecule has 2 rings (SSSR count). The summed E-state index contributed by atoms with van der Waals surface area (Å²) < 4.78 is 27.1. The zero-order valence-corrected chi connectivity index (χ0v) is 10.2. The van der Waals surface area contributed by atoms with Crippen LogP contribution in [0.3, 0.4) is 0 Å². The van der Waals surface area contributed by atoms with E-state index >= 15 is 0 Å². The molecule has 1 fully saturated rings. The molecule has 6 heteroatoms. The molecular formula is C11H16N2O3S. The number of rotatable bonds is 5. The van der Waals surface area contributed by atoms with Gasteiger partial charge in [-0.3, -0.25) is 0 Å². The van der Waals surface area contributed by atoms with E-state index in [1.807, 2.05) is 0 Å². The molecule has 5 nitrogen and oxygen atoms in total. The molecular weight excluding hydrogens is 240 g/mol. The Morgan fingerprint density at radius 1 is 1.29 bits per heavy atom. The fraction of sp³-hybridized carbons (Fsp3) is 0.455. The summed E-state index contributed by atoms with van der Waals surface area (Å²) in [6.07, 6.45) is 0.862. The summed E-state index contributed by atoms with van der Waals surface area (Å²) in [5.74, 6) is 0. The van der Waals surface area contributed by atoms with Crippen LogP contribution in [0.25, 0.3) is 0 Å². The zero-order valence-electron chi connectivity index (χ0n) is 9.43. The van der Waals surface area contributed by atoms with Crippen LogP contribution in [-0.4, -0.2) is 34.2 Å². The van der Waals surface area contributed by atoms with Crippen molar-refractivity contribution < 1.29 is 13.2 Å². The molecule has 0 atom stereocenters. The molecule has 0 aliphatic carbocycles. The molecule has 17 heavy (non-hydrogen) atoms. The second-order valence-electron chi connectivity index (χ2n) is 4.13. The largest absolute Gasteiger partial charge is 0.378 e. The lowest BCUT2D eigenvalue weighted by Crippen LogP contribution is -2.46. The van der Waals surface area contributed by atoms with Crippen molar-refractivity contribution in [2.45, 2.75) is 17.4 Å². The van der Waals surface area contributed by atoms with Crippen LogP contribution in [0.2, 0.25) is 0 Å². The summed E-state index contributed by atoms with van der Waals surface area (Å²) in [6, 6.07) is 7.13. The second kappa shape index (κ2) is 5.14. The van der Waals surface area contributed by atoms with Gasteiger partial charge in [0.05, 0.1) is 24.2 Å². The molecule has 0 spiro atoms. The lowest BCUT2D eigenvalue weighted by Gasteiger charge is -2.26. The topological polar surface area (TPSA) is 81.4 Å². The molecule has 0 radical (unpaired) electrons. The molecule has 0 unspecified atom stereocenters. The standard InChI is InChI=1S/C11H16N2O3S/c12-17(14,15)11-3-1-9(2-4-11)5-6-13-10-7-16-8-10/h1-4,10,13H,5-8H2,(H2,12,14,15). The van der Waals surface area contributed by atoms with E-state index in [4.69, 9.17) is 9.88 Å². The Morgan fingerprint density at radius 3 is 2.41 bits per heavy atom. The van der Waals surface area contributed by atoms with Crippen molar-refractivity contribution in [2.75, 3.05) is 19.8 Å². The van der Waals surface area contributed by atoms with Crippen LogP contribution in [0, 0.1) is 0 Å². The van der Waals surface area contributed by atoms with Crippen LogP contribution < -0.4 is 10.5 Å². The lowest BCUT2D eigenvalue weighted by atomic mass is 10.1. The Morgan fingerprint density at radius 2 is 1.94 bits per heavy atom. The predicted molar refractivity (Wildman–Crippen MR) is 64.1 cm³/mol. The highest BCUT2D eigenvalue weighted by molar-refractivity contribution is 7.89. The number of hydrogen-bond donors (Lipinski definition) is 2. The van der Waals surface area contributed by atoms with Gasteiger partial charge < -0.3 is 10.1 Å². The predicted octanol–water partition coefficient (Wildman–Crippen LogP) is -0.135. The van der Waals surface area contributed by atoms with E-state index in [2.05, 4.69) is 5.32 Å². The maximum absolute atomic E-state index is 11.0. The molecule has 1 saturated heterocycles. The van der Waals surface area contributed by atoms with Gasteiger partial charge in [-0.2, -0.15) is 0 Å². The van der Waals surface area contributed by atoms with Crippen molar-refractivity contribution >= 4 is 10.0 Å². The molecule has 0 amide bonds. The number of nitrogens with one attached hydrogen (secondary N) is 1. The first kappa shape index (κ1) is 12.5. The summed E-state index contributed by atoms with van der Waals surface area (Å²) >= 11 is 0. The van der Waals surface area contributed by atoms with Crippen molar-refractivity contribution in [3.63, 3.8) is 0 Å². The highest BCUT2D eigenvalue weighted by atomic mass is 32.2. The van der Waals surface area contributed by atoms with E-state index in [1.54, 1.807) is 12.1 Å². The van der Waals surface area contributed by atoms with Gasteiger partial charge in [-0.1, -0.05) is 12.1 Å². The van der Waals surface area contributed by atoms with Gasteiger partial charge in [0, 0.05) is 0 Å². The minimum atomic E-state index is -3.58. The smallest absolute Gasteiger partial charge is 0.238 e. The first-order valence-corrected chi connectivity index (χ1v) is 7.03. The quantitative estimate of drug-likeness (QED) is 0.768.